The second-order valence-corrected chi connectivity index (χ2v) is 5.24. The fraction of sp³-hybridized carbons (Fsp3) is 1.00. The van der Waals surface area contributed by atoms with Gasteiger partial charge in [-0.05, 0) is 31.1 Å². The van der Waals surface area contributed by atoms with Crippen LogP contribution in [0.5, 0.6) is 0 Å². The minimum Gasteiger partial charge on any atom is -0.228 e. The van der Waals surface area contributed by atoms with Crippen LogP contribution >= 0.6 is 0 Å². The molecule has 0 aromatic rings. The molecule has 1 atom stereocenters. The zero-order valence-corrected chi connectivity index (χ0v) is 6.47. The van der Waals surface area contributed by atoms with Crippen LogP contribution < -0.4 is 5.14 Å². The summed E-state index contributed by atoms with van der Waals surface area (Å²) in [6.07, 6.45) is 3.02. The average molecular weight is 161 g/mol. The van der Waals surface area contributed by atoms with Crippen LogP contribution in [0.25, 0.3) is 0 Å². The molecule has 3 saturated carbocycles. The highest BCUT2D eigenvalue weighted by Gasteiger charge is 2.49. The minimum atomic E-state index is -3.21. The predicted octanol–water partition coefficient (Wildman–Crippen LogP) is 0.0734. The van der Waals surface area contributed by atoms with Crippen molar-refractivity contribution in [1.29, 1.82) is 0 Å². The van der Waals surface area contributed by atoms with Crippen molar-refractivity contribution in [1.82, 2.24) is 0 Å². The molecule has 58 valence electrons. The van der Waals surface area contributed by atoms with E-state index in [-0.39, 0.29) is 5.25 Å². The summed E-state index contributed by atoms with van der Waals surface area (Å²) in [5.74, 6) is 1.08. The molecule has 3 nitrogen and oxygen atoms in total. The highest BCUT2D eigenvalue weighted by molar-refractivity contribution is 7.89. The van der Waals surface area contributed by atoms with E-state index in [0.717, 1.165) is 19.3 Å². The van der Waals surface area contributed by atoms with Crippen molar-refractivity contribution in [2.24, 2.45) is 17.0 Å². The molecule has 2 bridgehead atoms. The average Bonchev–Trinajstić information content (AvgIpc) is 2.07. The quantitative estimate of drug-likeness (QED) is 0.591. The summed E-state index contributed by atoms with van der Waals surface area (Å²) in [5.41, 5.74) is 0. The maximum Gasteiger partial charge on any atom is 0.212 e. The third kappa shape index (κ3) is 0.787. The standard InChI is InChI=1S/C6H11NO2S/c7-10(8,9)6-3-4-1-5(6)2-4/h4-6H,1-3H2,(H2,7,8,9). The number of rotatable bonds is 1. The second-order valence-electron chi connectivity index (χ2n) is 3.46. The third-order valence-electron chi connectivity index (χ3n) is 2.79. The van der Waals surface area contributed by atoms with E-state index in [9.17, 15) is 8.42 Å². The first-order valence-corrected chi connectivity index (χ1v) is 5.20. The van der Waals surface area contributed by atoms with Gasteiger partial charge in [0.05, 0.1) is 5.25 Å². The fourth-order valence-corrected chi connectivity index (χ4v) is 3.51. The Balaban J connectivity index is 2.22. The summed E-state index contributed by atoms with van der Waals surface area (Å²) in [4.78, 5) is 0. The van der Waals surface area contributed by atoms with E-state index in [1.54, 1.807) is 0 Å². The number of sulfonamides is 1. The molecule has 0 aliphatic heterocycles. The summed E-state index contributed by atoms with van der Waals surface area (Å²) in [5, 5.41) is 4.83. The lowest BCUT2D eigenvalue weighted by molar-refractivity contribution is 0.304. The summed E-state index contributed by atoms with van der Waals surface area (Å²) in [6.45, 7) is 0. The van der Waals surface area contributed by atoms with Gasteiger partial charge in [-0.2, -0.15) is 0 Å². The molecule has 1 unspecified atom stereocenters. The SMILES string of the molecule is NS(=O)(=O)C1CC2CC1C2. The van der Waals surface area contributed by atoms with Gasteiger partial charge in [-0.3, -0.25) is 0 Å². The molecule has 3 fully saturated rings. The summed E-state index contributed by atoms with van der Waals surface area (Å²) < 4.78 is 21.7. The maximum absolute atomic E-state index is 10.8. The Morgan fingerprint density at radius 1 is 1.20 bits per heavy atom. The summed E-state index contributed by atoms with van der Waals surface area (Å²) in [6, 6.07) is 0. The van der Waals surface area contributed by atoms with Gasteiger partial charge in [0.1, 0.15) is 0 Å². The van der Waals surface area contributed by atoms with E-state index in [2.05, 4.69) is 0 Å². The Morgan fingerprint density at radius 3 is 2.00 bits per heavy atom. The van der Waals surface area contributed by atoms with Crippen LogP contribution in [0.3, 0.4) is 0 Å². The smallest absolute Gasteiger partial charge is 0.212 e. The monoisotopic (exact) mass is 161 g/mol. The van der Waals surface area contributed by atoms with Gasteiger partial charge in [-0.15, -0.1) is 0 Å². The first kappa shape index (κ1) is 6.61. The Bertz CT molecular complexity index is 240. The van der Waals surface area contributed by atoms with E-state index < -0.39 is 10.0 Å². The molecule has 3 rings (SSSR count). The Labute approximate surface area is 60.7 Å². The van der Waals surface area contributed by atoms with E-state index in [4.69, 9.17) is 5.14 Å². The van der Waals surface area contributed by atoms with Gasteiger partial charge in [0.2, 0.25) is 10.0 Å². The number of fused-ring (bicyclic) bond motifs is 1. The molecule has 10 heavy (non-hydrogen) atoms. The Morgan fingerprint density at radius 2 is 1.80 bits per heavy atom. The van der Waals surface area contributed by atoms with E-state index in [0.29, 0.717) is 11.8 Å². The van der Waals surface area contributed by atoms with Crippen LogP contribution in [0.4, 0.5) is 0 Å². The van der Waals surface area contributed by atoms with Gasteiger partial charge in [-0.25, -0.2) is 13.6 Å². The van der Waals surface area contributed by atoms with E-state index in [1.807, 2.05) is 0 Å². The molecule has 0 radical (unpaired) electrons. The zero-order valence-electron chi connectivity index (χ0n) is 5.66. The molecule has 3 aliphatic rings. The van der Waals surface area contributed by atoms with Gasteiger partial charge in [0, 0.05) is 0 Å². The minimum absolute atomic E-state index is 0.197. The molecular weight excluding hydrogens is 150 g/mol. The Kier molecular flexibility index (Phi) is 1.15. The van der Waals surface area contributed by atoms with Crippen molar-refractivity contribution >= 4 is 10.0 Å². The highest BCUT2D eigenvalue weighted by Crippen LogP contribution is 2.50. The lowest BCUT2D eigenvalue weighted by Gasteiger charge is -2.23. The van der Waals surface area contributed by atoms with Gasteiger partial charge in [-0.1, -0.05) is 0 Å². The Hall–Kier alpha value is -0.0900. The van der Waals surface area contributed by atoms with Crippen molar-refractivity contribution in [2.75, 3.05) is 0 Å². The number of hydrogen-bond donors (Lipinski definition) is 1. The largest absolute Gasteiger partial charge is 0.228 e. The van der Waals surface area contributed by atoms with Crippen LogP contribution in [0, 0.1) is 11.8 Å². The maximum atomic E-state index is 10.8. The van der Waals surface area contributed by atoms with Crippen LogP contribution in [0.15, 0.2) is 0 Å². The van der Waals surface area contributed by atoms with Crippen LogP contribution in [0.1, 0.15) is 19.3 Å². The summed E-state index contributed by atoms with van der Waals surface area (Å²) in [7, 11) is -3.21. The van der Waals surface area contributed by atoms with Gasteiger partial charge in [0.15, 0.2) is 0 Å². The third-order valence-corrected chi connectivity index (χ3v) is 4.21. The second kappa shape index (κ2) is 1.74. The molecule has 0 spiro atoms. The van der Waals surface area contributed by atoms with Crippen LogP contribution in [-0.2, 0) is 10.0 Å². The number of primary sulfonamides is 1. The lowest BCUT2D eigenvalue weighted by atomic mass is 9.85. The highest BCUT2D eigenvalue weighted by atomic mass is 32.2. The molecule has 0 saturated heterocycles. The van der Waals surface area contributed by atoms with E-state index >= 15 is 0 Å². The van der Waals surface area contributed by atoms with Crippen molar-refractivity contribution in [3.05, 3.63) is 0 Å². The normalized spacial score (nSPS) is 45.1. The first-order chi connectivity index (χ1) is 4.57. The zero-order chi connectivity index (χ0) is 7.35. The van der Waals surface area contributed by atoms with Crippen molar-refractivity contribution in [3.63, 3.8) is 0 Å². The van der Waals surface area contributed by atoms with Crippen molar-refractivity contribution in [3.8, 4) is 0 Å². The van der Waals surface area contributed by atoms with Crippen LogP contribution in [-0.4, -0.2) is 13.7 Å². The van der Waals surface area contributed by atoms with Gasteiger partial charge in [0.25, 0.3) is 0 Å². The fourth-order valence-electron chi connectivity index (χ4n) is 2.21. The lowest BCUT2D eigenvalue weighted by Crippen LogP contribution is -2.30. The van der Waals surface area contributed by atoms with Gasteiger partial charge < -0.3 is 0 Å². The molecule has 4 heteroatoms. The van der Waals surface area contributed by atoms with Gasteiger partial charge >= 0.3 is 0 Å². The first-order valence-electron chi connectivity index (χ1n) is 3.59. The molecule has 0 heterocycles. The number of hydrogen-bond acceptors (Lipinski definition) is 2. The predicted molar refractivity (Wildman–Crippen MR) is 37.7 cm³/mol. The van der Waals surface area contributed by atoms with Crippen molar-refractivity contribution < 1.29 is 8.42 Å². The molecule has 0 aromatic carbocycles. The molecule has 2 N–H and O–H groups in total. The topological polar surface area (TPSA) is 60.2 Å². The molecule has 0 amide bonds. The van der Waals surface area contributed by atoms with Crippen molar-refractivity contribution in [2.45, 2.75) is 24.5 Å². The van der Waals surface area contributed by atoms with E-state index in [1.165, 1.54) is 0 Å². The molecule has 3 aliphatic carbocycles. The molecular formula is C6H11NO2S. The summed E-state index contributed by atoms with van der Waals surface area (Å²) >= 11 is 0. The molecule has 0 aromatic heterocycles. The number of nitrogens with two attached hydrogens (primary N) is 1. The van der Waals surface area contributed by atoms with Crippen LogP contribution in [0.2, 0.25) is 0 Å².